The lowest BCUT2D eigenvalue weighted by atomic mass is 9.90. The molecule has 0 unspecified atom stereocenters. The summed E-state index contributed by atoms with van der Waals surface area (Å²) in [6, 6.07) is 0. The lowest BCUT2D eigenvalue weighted by Gasteiger charge is -2.51. The molecule has 2 saturated heterocycles. The third-order valence-corrected chi connectivity index (χ3v) is 21.8. The molecule has 0 amide bonds. The first-order valence-electron chi connectivity index (χ1n) is 15.1. The van der Waals surface area contributed by atoms with Gasteiger partial charge in [0, 0.05) is 19.4 Å². The summed E-state index contributed by atoms with van der Waals surface area (Å²) in [6.45, 7) is 28.4. The highest BCUT2D eigenvalue weighted by Gasteiger charge is 2.52. The minimum Gasteiger partial charge on any atom is -0.416 e. The summed E-state index contributed by atoms with van der Waals surface area (Å²) < 4.78 is 27.1. The fourth-order valence-corrected chi connectivity index (χ4v) is 19.1. The molecule has 0 aromatic heterocycles. The van der Waals surface area contributed by atoms with E-state index >= 15 is 0 Å². The van der Waals surface area contributed by atoms with Crippen molar-refractivity contribution >= 4 is 16.6 Å². The largest absolute Gasteiger partial charge is 0.416 e. The number of ether oxygens (including phenoxy) is 2. The van der Waals surface area contributed by atoms with Crippen LogP contribution < -0.4 is 0 Å². The van der Waals surface area contributed by atoms with Crippen LogP contribution in [0.3, 0.4) is 0 Å². The van der Waals surface area contributed by atoms with Gasteiger partial charge in [-0.1, -0.05) is 83.1 Å². The molecule has 0 saturated carbocycles. The maximum Gasteiger partial charge on any atom is 0.200 e. The lowest BCUT2D eigenvalue weighted by molar-refractivity contribution is -0.247. The molecule has 220 valence electrons. The van der Waals surface area contributed by atoms with Crippen molar-refractivity contribution < 1.29 is 28.5 Å². The van der Waals surface area contributed by atoms with Crippen molar-refractivity contribution in [2.24, 2.45) is 0 Å². The van der Waals surface area contributed by atoms with Crippen LogP contribution in [0, 0.1) is 0 Å². The highest BCUT2D eigenvalue weighted by Crippen LogP contribution is 2.46. The summed E-state index contributed by atoms with van der Waals surface area (Å²) in [5.74, 6) is 0. The van der Waals surface area contributed by atoms with E-state index in [1.54, 1.807) is 0 Å². The Labute approximate surface area is 230 Å². The summed E-state index contributed by atoms with van der Waals surface area (Å²) in [6.07, 6.45) is 0.226. The molecule has 2 fully saturated rings. The van der Waals surface area contributed by atoms with E-state index < -0.39 is 28.8 Å². The van der Waals surface area contributed by atoms with Crippen molar-refractivity contribution in [2.45, 2.75) is 172 Å². The Morgan fingerprint density at radius 3 is 1.54 bits per heavy atom. The molecule has 2 aliphatic rings. The van der Waals surface area contributed by atoms with Gasteiger partial charge in [-0.25, -0.2) is 0 Å². The van der Waals surface area contributed by atoms with Crippen molar-refractivity contribution in [1.82, 2.24) is 0 Å². The first-order valence-corrected chi connectivity index (χ1v) is 19.3. The molecule has 37 heavy (non-hydrogen) atoms. The monoisotopic (exact) mass is 560 g/mol. The Morgan fingerprint density at radius 1 is 0.676 bits per heavy atom. The number of hydrogen-bond acceptors (Lipinski definition) is 6. The zero-order chi connectivity index (χ0) is 28.3. The molecule has 2 rings (SSSR count). The summed E-state index contributed by atoms with van der Waals surface area (Å²) >= 11 is 0. The summed E-state index contributed by atoms with van der Waals surface area (Å²) in [7, 11) is -4.12. The molecule has 0 bridgehead atoms. The Bertz CT molecular complexity index is 640. The van der Waals surface area contributed by atoms with E-state index in [2.05, 4.69) is 83.1 Å². The standard InChI is InChI=1S/C29H60O6Si2/c1-18(2)36(19(3)4,20(5)6)32-14-13-25-28(35-37(21(7)8,22(9)10)23(11)12)16-27-26(33-25)15-24(31)29(17-30)34-27/h18-31H,13-17H2,1-12H3/t24-,25-,26+,27-,28+,29+/m0/s1. The second-order valence-electron chi connectivity index (χ2n) is 13.6. The molecule has 0 aromatic rings. The van der Waals surface area contributed by atoms with Gasteiger partial charge in [-0.3, -0.25) is 0 Å². The van der Waals surface area contributed by atoms with Gasteiger partial charge >= 0.3 is 0 Å². The molecular weight excluding hydrogens is 500 g/mol. The molecule has 0 aliphatic carbocycles. The van der Waals surface area contributed by atoms with Crippen LogP contribution in [0.2, 0.25) is 33.2 Å². The van der Waals surface area contributed by atoms with E-state index in [-0.39, 0.29) is 31.0 Å². The molecule has 2 N–H and O–H groups in total. The summed E-state index contributed by atoms with van der Waals surface area (Å²) in [5.41, 5.74) is 3.04. The van der Waals surface area contributed by atoms with Crippen molar-refractivity contribution in [3.63, 3.8) is 0 Å². The molecule has 2 heterocycles. The minimum absolute atomic E-state index is 0.0773. The van der Waals surface area contributed by atoms with Crippen molar-refractivity contribution in [3.05, 3.63) is 0 Å². The number of fused-ring (bicyclic) bond motifs is 1. The minimum atomic E-state index is -2.15. The summed E-state index contributed by atoms with van der Waals surface area (Å²) in [5, 5.41) is 20.3. The molecule has 6 atom stereocenters. The zero-order valence-electron chi connectivity index (χ0n) is 26.0. The van der Waals surface area contributed by atoms with Gasteiger partial charge in [0.2, 0.25) is 8.32 Å². The maximum absolute atomic E-state index is 10.5. The van der Waals surface area contributed by atoms with Gasteiger partial charge in [0.25, 0.3) is 0 Å². The van der Waals surface area contributed by atoms with Crippen LogP contribution in [0.15, 0.2) is 0 Å². The number of hydrogen-bond donors (Lipinski definition) is 2. The van der Waals surface area contributed by atoms with Gasteiger partial charge in [0.05, 0.1) is 37.1 Å². The predicted octanol–water partition coefficient (Wildman–Crippen LogP) is 6.80. The Kier molecular flexibility index (Phi) is 12.4. The first kappa shape index (κ1) is 33.4. The Morgan fingerprint density at radius 2 is 1.11 bits per heavy atom. The zero-order valence-corrected chi connectivity index (χ0v) is 28.0. The predicted molar refractivity (Wildman–Crippen MR) is 157 cm³/mol. The Hall–Kier alpha value is 0.194. The number of aliphatic hydroxyl groups excluding tert-OH is 2. The topological polar surface area (TPSA) is 77.4 Å². The van der Waals surface area contributed by atoms with E-state index in [4.69, 9.17) is 18.3 Å². The molecule has 8 heteroatoms. The highest BCUT2D eigenvalue weighted by molar-refractivity contribution is 6.78. The normalized spacial score (nSPS) is 29.8. The van der Waals surface area contributed by atoms with Crippen LogP contribution in [0.4, 0.5) is 0 Å². The third kappa shape index (κ3) is 6.92. The van der Waals surface area contributed by atoms with Gasteiger partial charge in [-0.05, 0) is 39.7 Å². The van der Waals surface area contributed by atoms with Crippen LogP contribution in [0.1, 0.15) is 102 Å². The lowest BCUT2D eigenvalue weighted by Crippen LogP contribution is -2.60. The van der Waals surface area contributed by atoms with Gasteiger partial charge in [-0.2, -0.15) is 0 Å². The highest BCUT2D eigenvalue weighted by atomic mass is 28.4. The fourth-order valence-electron chi connectivity index (χ4n) is 8.05. The van der Waals surface area contributed by atoms with E-state index in [1.807, 2.05) is 0 Å². The molecule has 2 aliphatic heterocycles. The quantitative estimate of drug-likeness (QED) is 0.241. The van der Waals surface area contributed by atoms with Crippen LogP contribution in [-0.2, 0) is 18.3 Å². The van der Waals surface area contributed by atoms with Crippen LogP contribution in [-0.4, -0.2) is 76.7 Å². The van der Waals surface area contributed by atoms with Crippen LogP contribution >= 0.6 is 0 Å². The molecule has 0 aromatic carbocycles. The van der Waals surface area contributed by atoms with Gasteiger partial charge in [-0.15, -0.1) is 0 Å². The van der Waals surface area contributed by atoms with E-state index in [0.29, 0.717) is 46.3 Å². The average Bonchev–Trinajstić information content (AvgIpc) is 2.78. The second kappa shape index (κ2) is 13.7. The first-order chi connectivity index (χ1) is 17.1. The van der Waals surface area contributed by atoms with Crippen LogP contribution in [0.25, 0.3) is 0 Å². The average molecular weight is 561 g/mol. The molecular formula is C29H60O6Si2. The molecule has 6 nitrogen and oxygen atoms in total. The smallest absolute Gasteiger partial charge is 0.200 e. The van der Waals surface area contributed by atoms with E-state index in [9.17, 15) is 10.2 Å². The summed E-state index contributed by atoms with van der Waals surface area (Å²) in [4.78, 5) is 0. The van der Waals surface area contributed by atoms with Crippen molar-refractivity contribution in [2.75, 3.05) is 13.2 Å². The number of aliphatic hydroxyl groups is 2. The van der Waals surface area contributed by atoms with Gasteiger partial charge in [0.15, 0.2) is 8.32 Å². The maximum atomic E-state index is 10.5. The second-order valence-corrected chi connectivity index (χ2v) is 24.4. The van der Waals surface area contributed by atoms with E-state index in [0.717, 1.165) is 12.8 Å². The number of rotatable bonds is 13. The fraction of sp³-hybridized carbons (Fsp3) is 1.00. The van der Waals surface area contributed by atoms with E-state index in [1.165, 1.54) is 0 Å². The molecule has 0 radical (unpaired) electrons. The Balaban J connectivity index is 2.32. The molecule has 0 spiro atoms. The van der Waals surface area contributed by atoms with Gasteiger partial charge < -0.3 is 28.5 Å². The van der Waals surface area contributed by atoms with Gasteiger partial charge in [0.1, 0.15) is 6.10 Å². The van der Waals surface area contributed by atoms with Crippen LogP contribution in [0.5, 0.6) is 0 Å². The SMILES string of the molecule is CC(C)[Si](OCC[C@@H]1O[C@@H]2C[C@H](O)[C@@H](CO)O[C@H]2C[C@H]1O[Si](C(C)C)(C(C)C)C(C)C)(C(C)C)C(C)C. The third-order valence-electron chi connectivity index (χ3n) is 9.60. The van der Waals surface area contributed by atoms with Crippen molar-refractivity contribution in [3.8, 4) is 0 Å². The van der Waals surface area contributed by atoms with Crippen molar-refractivity contribution in [1.29, 1.82) is 0 Å².